The molecule has 1 aliphatic heterocycles. The van der Waals surface area contributed by atoms with Gasteiger partial charge < -0.3 is 5.32 Å². The summed E-state index contributed by atoms with van der Waals surface area (Å²) in [6.45, 7) is 3.96. The Labute approximate surface area is 113 Å². The molecule has 0 spiro atoms. The highest BCUT2D eigenvalue weighted by Gasteiger charge is 2.29. The lowest BCUT2D eigenvalue weighted by Gasteiger charge is -2.13. The van der Waals surface area contributed by atoms with Crippen molar-refractivity contribution in [1.82, 2.24) is 5.32 Å². The molecule has 0 aliphatic carbocycles. The van der Waals surface area contributed by atoms with Crippen LogP contribution in [-0.2, 0) is 11.2 Å². The fraction of sp³-hybridized carbons (Fsp3) is 0.353. The third kappa shape index (κ3) is 2.41. The largest absolute Gasteiger partial charge is 0.316 e. The summed E-state index contributed by atoms with van der Waals surface area (Å²) in [5.74, 6) is 1.01. The molecule has 0 bridgehead atoms. The first-order chi connectivity index (χ1) is 9.25. The van der Waals surface area contributed by atoms with Crippen LogP contribution in [0.2, 0.25) is 0 Å². The molecular formula is C17H19NO. The number of carbonyl (C=O) groups excluding carboxylic acids is 1. The Morgan fingerprint density at radius 3 is 2.74 bits per heavy atom. The van der Waals surface area contributed by atoms with Gasteiger partial charge in [-0.05, 0) is 28.8 Å². The number of rotatable bonds is 3. The summed E-state index contributed by atoms with van der Waals surface area (Å²) in [4.78, 5) is 12.4. The van der Waals surface area contributed by atoms with E-state index in [1.807, 2.05) is 18.2 Å². The zero-order valence-electron chi connectivity index (χ0n) is 11.2. The number of Topliss-reactive ketones (excluding diaryl/α,β-unsaturated/α-hetero) is 1. The minimum atomic E-state index is 0.180. The smallest absolute Gasteiger partial charge is 0.141 e. The fourth-order valence-electron chi connectivity index (χ4n) is 3.01. The second-order valence-electron chi connectivity index (χ2n) is 5.52. The standard InChI is InChI=1S/C17H19NO/c1-12-10-18-11-16(12)17(19)9-14-7-4-6-13-5-2-3-8-15(13)14/h2-8,12,16,18H,9-11H2,1H3. The number of fused-ring (bicyclic) bond motifs is 1. The van der Waals surface area contributed by atoms with Crippen LogP contribution >= 0.6 is 0 Å². The van der Waals surface area contributed by atoms with E-state index >= 15 is 0 Å². The minimum Gasteiger partial charge on any atom is -0.316 e. The fourth-order valence-corrected chi connectivity index (χ4v) is 3.01. The van der Waals surface area contributed by atoms with Crippen LogP contribution in [0.5, 0.6) is 0 Å². The van der Waals surface area contributed by atoms with Gasteiger partial charge in [-0.1, -0.05) is 49.4 Å². The molecule has 2 aromatic rings. The van der Waals surface area contributed by atoms with E-state index < -0.39 is 0 Å². The Hall–Kier alpha value is -1.67. The van der Waals surface area contributed by atoms with Crippen molar-refractivity contribution in [1.29, 1.82) is 0 Å². The molecule has 19 heavy (non-hydrogen) atoms. The van der Waals surface area contributed by atoms with Crippen LogP contribution in [0.25, 0.3) is 10.8 Å². The number of nitrogens with one attached hydrogen (secondary N) is 1. The molecule has 1 saturated heterocycles. The summed E-state index contributed by atoms with van der Waals surface area (Å²) in [5.41, 5.74) is 1.15. The maximum atomic E-state index is 12.4. The zero-order valence-corrected chi connectivity index (χ0v) is 11.2. The first-order valence-corrected chi connectivity index (χ1v) is 6.96. The van der Waals surface area contributed by atoms with E-state index in [0.29, 0.717) is 18.1 Å². The van der Waals surface area contributed by atoms with Crippen LogP contribution in [0.3, 0.4) is 0 Å². The summed E-state index contributed by atoms with van der Waals surface area (Å²) < 4.78 is 0. The highest BCUT2D eigenvalue weighted by Crippen LogP contribution is 2.23. The second kappa shape index (κ2) is 5.14. The number of hydrogen-bond donors (Lipinski definition) is 1. The van der Waals surface area contributed by atoms with Crippen molar-refractivity contribution < 1.29 is 4.79 Å². The summed E-state index contributed by atoms with van der Waals surface area (Å²) in [5, 5.41) is 5.72. The van der Waals surface area contributed by atoms with Crippen molar-refractivity contribution in [3.05, 3.63) is 48.0 Å². The normalized spacial score (nSPS) is 22.8. The van der Waals surface area contributed by atoms with E-state index in [9.17, 15) is 4.79 Å². The first kappa shape index (κ1) is 12.4. The average Bonchev–Trinajstić information content (AvgIpc) is 2.85. The van der Waals surface area contributed by atoms with Gasteiger partial charge in [-0.25, -0.2) is 0 Å². The van der Waals surface area contributed by atoms with Crippen molar-refractivity contribution in [3.8, 4) is 0 Å². The van der Waals surface area contributed by atoms with Crippen molar-refractivity contribution in [2.24, 2.45) is 11.8 Å². The SMILES string of the molecule is CC1CNCC1C(=O)Cc1cccc2ccccc12. The lowest BCUT2D eigenvalue weighted by Crippen LogP contribution is -2.23. The van der Waals surface area contributed by atoms with Gasteiger partial charge in [0.25, 0.3) is 0 Å². The number of carbonyl (C=O) groups is 1. The van der Waals surface area contributed by atoms with Crippen molar-refractivity contribution in [2.75, 3.05) is 13.1 Å². The maximum Gasteiger partial charge on any atom is 0.141 e. The zero-order chi connectivity index (χ0) is 13.2. The Kier molecular flexibility index (Phi) is 3.34. The van der Waals surface area contributed by atoms with Gasteiger partial charge in [0.15, 0.2) is 0 Å². The van der Waals surface area contributed by atoms with E-state index in [1.54, 1.807) is 0 Å². The molecule has 2 nitrogen and oxygen atoms in total. The van der Waals surface area contributed by atoms with Gasteiger partial charge >= 0.3 is 0 Å². The Balaban J connectivity index is 1.87. The first-order valence-electron chi connectivity index (χ1n) is 6.96. The van der Waals surface area contributed by atoms with Gasteiger partial charge in [-0.15, -0.1) is 0 Å². The van der Waals surface area contributed by atoms with Crippen LogP contribution in [0.15, 0.2) is 42.5 Å². The number of ketones is 1. The highest BCUT2D eigenvalue weighted by atomic mass is 16.1. The lowest BCUT2D eigenvalue weighted by atomic mass is 9.89. The molecule has 98 valence electrons. The van der Waals surface area contributed by atoms with Gasteiger partial charge in [-0.2, -0.15) is 0 Å². The Bertz CT molecular complexity index is 600. The molecule has 1 heterocycles. The van der Waals surface area contributed by atoms with Crippen molar-refractivity contribution in [2.45, 2.75) is 13.3 Å². The topological polar surface area (TPSA) is 29.1 Å². The van der Waals surface area contributed by atoms with Crippen LogP contribution in [0.4, 0.5) is 0 Å². The van der Waals surface area contributed by atoms with Crippen LogP contribution in [0.1, 0.15) is 12.5 Å². The Morgan fingerprint density at radius 1 is 1.16 bits per heavy atom. The van der Waals surface area contributed by atoms with E-state index in [4.69, 9.17) is 0 Å². The molecular weight excluding hydrogens is 234 g/mol. The summed E-state index contributed by atoms with van der Waals surface area (Å²) >= 11 is 0. The average molecular weight is 253 g/mol. The molecule has 1 N–H and O–H groups in total. The van der Waals surface area contributed by atoms with Gasteiger partial charge in [0, 0.05) is 18.9 Å². The molecule has 2 aromatic carbocycles. The van der Waals surface area contributed by atoms with E-state index in [-0.39, 0.29) is 5.92 Å². The molecule has 0 radical (unpaired) electrons. The van der Waals surface area contributed by atoms with Gasteiger partial charge in [0.05, 0.1) is 0 Å². The third-order valence-corrected chi connectivity index (χ3v) is 4.18. The lowest BCUT2D eigenvalue weighted by molar-refractivity contribution is -0.122. The predicted octanol–water partition coefficient (Wildman–Crippen LogP) is 2.81. The molecule has 0 aromatic heterocycles. The molecule has 2 atom stereocenters. The highest BCUT2D eigenvalue weighted by molar-refractivity contribution is 5.92. The van der Waals surface area contributed by atoms with E-state index in [2.05, 4.69) is 36.5 Å². The van der Waals surface area contributed by atoms with E-state index in [0.717, 1.165) is 18.7 Å². The molecule has 2 unspecified atom stereocenters. The van der Waals surface area contributed by atoms with Crippen LogP contribution < -0.4 is 5.32 Å². The summed E-state index contributed by atoms with van der Waals surface area (Å²) in [6.07, 6.45) is 0.554. The molecule has 1 aliphatic rings. The van der Waals surface area contributed by atoms with Crippen LogP contribution in [-0.4, -0.2) is 18.9 Å². The summed E-state index contributed by atoms with van der Waals surface area (Å²) in [6, 6.07) is 14.5. The Morgan fingerprint density at radius 2 is 1.95 bits per heavy atom. The van der Waals surface area contributed by atoms with Crippen molar-refractivity contribution >= 4 is 16.6 Å². The number of hydrogen-bond acceptors (Lipinski definition) is 2. The monoisotopic (exact) mass is 253 g/mol. The summed E-state index contributed by atoms with van der Waals surface area (Å²) in [7, 11) is 0. The van der Waals surface area contributed by atoms with Crippen molar-refractivity contribution in [3.63, 3.8) is 0 Å². The molecule has 3 rings (SSSR count). The van der Waals surface area contributed by atoms with Gasteiger partial charge in [-0.3, -0.25) is 4.79 Å². The van der Waals surface area contributed by atoms with Gasteiger partial charge in [0.2, 0.25) is 0 Å². The second-order valence-corrected chi connectivity index (χ2v) is 5.52. The van der Waals surface area contributed by atoms with Crippen LogP contribution in [0, 0.1) is 11.8 Å². The van der Waals surface area contributed by atoms with Gasteiger partial charge in [0.1, 0.15) is 5.78 Å². The van der Waals surface area contributed by atoms with E-state index in [1.165, 1.54) is 10.8 Å². The molecule has 2 heteroatoms. The molecule has 1 fully saturated rings. The number of benzene rings is 2. The predicted molar refractivity (Wildman–Crippen MR) is 78.2 cm³/mol. The molecule has 0 saturated carbocycles. The minimum absolute atomic E-state index is 0.180. The molecule has 0 amide bonds. The quantitative estimate of drug-likeness (QED) is 0.911. The maximum absolute atomic E-state index is 12.4. The third-order valence-electron chi connectivity index (χ3n) is 4.18.